The highest BCUT2D eigenvalue weighted by Gasteiger charge is 2.68. The average Bonchev–Trinajstić information content (AvgIpc) is 3.50. The molecule has 1 saturated heterocycles. The molecule has 0 bridgehead atoms. The van der Waals surface area contributed by atoms with Gasteiger partial charge in [-0.05, 0) is 96.8 Å². The number of carbonyl (C=O) groups is 3. The first kappa shape index (κ1) is 21.0. The van der Waals surface area contributed by atoms with Crippen LogP contribution in [0.3, 0.4) is 0 Å². The Kier molecular flexibility index (Phi) is 4.27. The van der Waals surface area contributed by atoms with Gasteiger partial charge in [0.25, 0.3) is 11.8 Å². The molecule has 4 fully saturated rings. The molecular weight excluding hydrogens is 426 g/mol. The number of benzene rings is 1. The van der Waals surface area contributed by atoms with Gasteiger partial charge in [0.1, 0.15) is 6.10 Å². The van der Waals surface area contributed by atoms with E-state index < -0.39 is 0 Å². The molecule has 2 amide bonds. The highest BCUT2D eigenvalue weighted by Crippen LogP contribution is 2.70. The molecule has 2 aliphatic heterocycles. The molecular formula is C29H33NO4. The number of ketones is 1. The lowest BCUT2D eigenvalue weighted by Crippen LogP contribution is -2.53. The van der Waals surface area contributed by atoms with Gasteiger partial charge in [0.2, 0.25) is 0 Å². The van der Waals surface area contributed by atoms with E-state index in [2.05, 4.69) is 13.8 Å². The second-order valence-corrected chi connectivity index (χ2v) is 12.2. The molecule has 5 nitrogen and oxygen atoms in total. The van der Waals surface area contributed by atoms with Crippen molar-refractivity contribution in [1.82, 2.24) is 4.90 Å². The number of rotatable bonds is 3. The van der Waals surface area contributed by atoms with Crippen molar-refractivity contribution in [2.75, 3.05) is 6.54 Å². The number of hydrogen-bond acceptors (Lipinski definition) is 4. The molecule has 2 heterocycles. The summed E-state index contributed by atoms with van der Waals surface area (Å²) in [5.41, 5.74) is 2.73. The van der Waals surface area contributed by atoms with Crippen molar-refractivity contribution in [2.24, 2.45) is 34.5 Å². The van der Waals surface area contributed by atoms with Gasteiger partial charge in [0.05, 0.1) is 17.2 Å². The molecule has 178 valence electrons. The van der Waals surface area contributed by atoms with Crippen LogP contribution in [0, 0.1) is 34.5 Å². The number of fused-ring (bicyclic) bond motifs is 9. The summed E-state index contributed by atoms with van der Waals surface area (Å²) in [5, 5.41) is 0. The third-order valence-electron chi connectivity index (χ3n) is 11.0. The van der Waals surface area contributed by atoms with Crippen LogP contribution >= 0.6 is 0 Å². The summed E-state index contributed by atoms with van der Waals surface area (Å²) in [7, 11) is 0. The first-order chi connectivity index (χ1) is 16.3. The smallest absolute Gasteiger partial charge is 0.261 e. The van der Waals surface area contributed by atoms with Crippen LogP contribution in [0.1, 0.15) is 79.5 Å². The van der Waals surface area contributed by atoms with Crippen molar-refractivity contribution >= 4 is 17.6 Å². The molecule has 0 radical (unpaired) electrons. The zero-order chi connectivity index (χ0) is 23.4. The number of nitrogens with zero attached hydrogens (tertiary/aromatic N) is 1. The monoisotopic (exact) mass is 459 g/mol. The second kappa shape index (κ2) is 6.90. The van der Waals surface area contributed by atoms with E-state index in [0.29, 0.717) is 47.8 Å². The number of hydrogen-bond donors (Lipinski definition) is 0. The Hall–Kier alpha value is -2.27. The van der Waals surface area contributed by atoms with Gasteiger partial charge in [-0.1, -0.05) is 26.0 Å². The zero-order valence-electron chi connectivity index (χ0n) is 20.1. The van der Waals surface area contributed by atoms with E-state index in [9.17, 15) is 14.4 Å². The number of imide groups is 1. The quantitative estimate of drug-likeness (QED) is 0.481. The summed E-state index contributed by atoms with van der Waals surface area (Å²) < 4.78 is 6.31. The molecule has 0 N–H and O–H groups in total. The largest absolute Gasteiger partial charge is 0.365 e. The number of ether oxygens (including phenoxy) is 1. The van der Waals surface area contributed by atoms with E-state index in [1.807, 2.05) is 18.2 Å². The standard InChI is InChI=1S/C29H33NO4/c1-28-13-10-21-23(25-24(34-25)22-15-17(31)9-12-29(21,22)2)20(28)8-7-16(28)11-14-30-26(32)18-5-3-4-6-19(18)27(30)33/h3-6,15-16,20-21,23-25H,7-14H2,1-2H3. The number of carbonyl (C=O) groups excluding carboxylic acids is 3. The number of epoxide rings is 1. The molecule has 8 unspecified atom stereocenters. The predicted molar refractivity (Wildman–Crippen MR) is 126 cm³/mol. The summed E-state index contributed by atoms with van der Waals surface area (Å²) in [6.45, 7) is 5.39. The van der Waals surface area contributed by atoms with Crippen molar-refractivity contribution < 1.29 is 19.1 Å². The van der Waals surface area contributed by atoms with Crippen molar-refractivity contribution in [3.8, 4) is 0 Å². The van der Waals surface area contributed by atoms with Crippen molar-refractivity contribution in [2.45, 2.75) is 71.0 Å². The van der Waals surface area contributed by atoms with Gasteiger partial charge in [0, 0.05) is 13.0 Å². The molecule has 3 saturated carbocycles. The highest BCUT2D eigenvalue weighted by molar-refractivity contribution is 6.21. The third-order valence-corrected chi connectivity index (χ3v) is 11.0. The van der Waals surface area contributed by atoms with Crippen LogP contribution in [-0.4, -0.2) is 41.3 Å². The molecule has 34 heavy (non-hydrogen) atoms. The van der Waals surface area contributed by atoms with Crippen LogP contribution in [0.5, 0.6) is 0 Å². The fourth-order valence-corrected chi connectivity index (χ4v) is 9.12. The number of amides is 2. The fraction of sp³-hybridized carbons (Fsp3) is 0.621. The van der Waals surface area contributed by atoms with E-state index in [0.717, 1.165) is 12.8 Å². The second-order valence-electron chi connectivity index (χ2n) is 12.2. The summed E-state index contributed by atoms with van der Waals surface area (Å²) >= 11 is 0. The molecule has 5 heteroatoms. The topological polar surface area (TPSA) is 67.0 Å². The summed E-state index contributed by atoms with van der Waals surface area (Å²) in [6, 6.07) is 7.19. The Labute approximate surface area is 200 Å². The highest BCUT2D eigenvalue weighted by atomic mass is 16.6. The average molecular weight is 460 g/mol. The molecule has 6 aliphatic rings. The minimum Gasteiger partial charge on any atom is -0.365 e. The molecule has 4 aliphatic carbocycles. The molecule has 8 atom stereocenters. The van der Waals surface area contributed by atoms with E-state index >= 15 is 0 Å². The maximum absolute atomic E-state index is 12.9. The lowest BCUT2D eigenvalue weighted by molar-refractivity contribution is -0.117. The Bertz CT molecular complexity index is 1120. The maximum Gasteiger partial charge on any atom is 0.261 e. The van der Waals surface area contributed by atoms with Crippen LogP contribution in [-0.2, 0) is 9.53 Å². The van der Waals surface area contributed by atoms with E-state index in [4.69, 9.17) is 4.74 Å². The van der Waals surface area contributed by atoms with Crippen LogP contribution in [0.4, 0.5) is 0 Å². The lowest BCUT2D eigenvalue weighted by atomic mass is 9.47. The normalized spacial score (nSPS) is 44.1. The molecule has 0 aromatic heterocycles. The first-order valence-electron chi connectivity index (χ1n) is 13.2. The Balaban J connectivity index is 1.11. The van der Waals surface area contributed by atoms with Gasteiger partial charge < -0.3 is 4.74 Å². The summed E-state index contributed by atoms with van der Waals surface area (Å²) in [5.74, 6) is 2.33. The fourth-order valence-electron chi connectivity index (χ4n) is 9.12. The van der Waals surface area contributed by atoms with Gasteiger partial charge >= 0.3 is 0 Å². The Morgan fingerprint density at radius 1 is 0.971 bits per heavy atom. The van der Waals surface area contributed by atoms with E-state index in [-0.39, 0.29) is 40.6 Å². The van der Waals surface area contributed by atoms with Gasteiger partial charge in [0.15, 0.2) is 5.78 Å². The van der Waals surface area contributed by atoms with Crippen molar-refractivity contribution in [3.63, 3.8) is 0 Å². The first-order valence-corrected chi connectivity index (χ1v) is 13.2. The molecule has 1 aromatic carbocycles. The van der Waals surface area contributed by atoms with Crippen LogP contribution < -0.4 is 0 Å². The van der Waals surface area contributed by atoms with Crippen LogP contribution in [0.2, 0.25) is 0 Å². The van der Waals surface area contributed by atoms with Crippen LogP contribution in [0.15, 0.2) is 35.9 Å². The van der Waals surface area contributed by atoms with Gasteiger partial charge in [-0.2, -0.15) is 0 Å². The van der Waals surface area contributed by atoms with Crippen LogP contribution in [0.25, 0.3) is 0 Å². The van der Waals surface area contributed by atoms with Gasteiger partial charge in [-0.25, -0.2) is 0 Å². The van der Waals surface area contributed by atoms with Gasteiger partial charge in [-0.3, -0.25) is 19.3 Å². The van der Waals surface area contributed by atoms with E-state index in [1.165, 1.54) is 36.2 Å². The SMILES string of the molecule is CC12CCC(=O)C=C1C1OC1C1C2CCC2(C)C(CCN3C(=O)c4ccccc4C3=O)CCC12. The van der Waals surface area contributed by atoms with Crippen molar-refractivity contribution in [3.05, 3.63) is 47.0 Å². The van der Waals surface area contributed by atoms with Gasteiger partial charge in [-0.15, -0.1) is 0 Å². The zero-order valence-corrected chi connectivity index (χ0v) is 20.1. The minimum atomic E-state index is -0.135. The lowest BCUT2D eigenvalue weighted by Gasteiger charge is -2.56. The minimum absolute atomic E-state index is 0.107. The Morgan fingerprint density at radius 3 is 2.44 bits per heavy atom. The predicted octanol–water partition coefficient (Wildman–Crippen LogP) is 4.81. The molecule has 0 spiro atoms. The van der Waals surface area contributed by atoms with Crippen molar-refractivity contribution in [1.29, 1.82) is 0 Å². The Morgan fingerprint density at radius 2 is 1.71 bits per heavy atom. The van der Waals surface area contributed by atoms with E-state index in [1.54, 1.807) is 12.1 Å². The molecule has 1 aromatic rings. The molecule has 7 rings (SSSR count). The third kappa shape index (κ3) is 2.62. The maximum atomic E-state index is 12.9. The summed E-state index contributed by atoms with van der Waals surface area (Å²) in [4.78, 5) is 39.4. The summed E-state index contributed by atoms with van der Waals surface area (Å²) in [6.07, 6.45) is 9.68.